The van der Waals surface area contributed by atoms with E-state index in [4.69, 9.17) is 11.6 Å². The highest BCUT2D eigenvalue weighted by molar-refractivity contribution is 9.10. The van der Waals surface area contributed by atoms with Gasteiger partial charge in [-0.2, -0.15) is 0 Å². The van der Waals surface area contributed by atoms with Crippen LogP contribution in [0.1, 0.15) is 22.0 Å². The van der Waals surface area contributed by atoms with Gasteiger partial charge in [0.05, 0.1) is 6.04 Å². The second-order valence-corrected chi connectivity index (χ2v) is 6.54. The molecule has 0 aromatic heterocycles. The van der Waals surface area contributed by atoms with E-state index in [-0.39, 0.29) is 11.9 Å². The maximum absolute atomic E-state index is 12.3. The molecule has 5 heteroatoms. The van der Waals surface area contributed by atoms with Gasteiger partial charge in [-0.15, -0.1) is 0 Å². The topological polar surface area (TPSA) is 32.3 Å². The Hall–Kier alpha value is -1.36. The van der Waals surface area contributed by atoms with Crippen molar-refractivity contribution in [3.8, 4) is 0 Å². The molecule has 0 bridgehead atoms. The van der Waals surface area contributed by atoms with Crippen LogP contribution in [0.5, 0.6) is 0 Å². The third-order valence-corrected chi connectivity index (χ3v) is 4.27. The van der Waals surface area contributed by atoms with Crippen molar-refractivity contribution in [2.24, 2.45) is 0 Å². The molecular formula is C17H18BrClN2O. The van der Waals surface area contributed by atoms with Crippen molar-refractivity contribution in [2.75, 3.05) is 20.6 Å². The van der Waals surface area contributed by atoms with Gasteiger partial charge < -0.3 is 10.2 Å². The van der Waals surface area contributed by atoms with Crippen LogP contribution < -0.4 is 5.32 Å². The molecule has 2 aromatic rings. The fourth-order valence-corrected chi connectivity index (χ4v) is 2.90. The number of benzene rings is 2. The van der Waals surface area contributed by atoms with Crippen molar-refractivity contribution in [3.63, 3.8) is 0 Å². The molecule has 0 saturated carbocycles. The summed E-state index contributed by atoms with van der Waals surface area (Å²) in [5.74, 6) is -0.0970. The zero-order chi connectivity index (χ0) is 16.1. The van der Waals surface area contributed by atoms with Gasteiger partial charge in [0.2, 0.25) is 0 Å². The van der Waals surface area contributed by atoms with Crippen molar-refractivity contribution in [1.82, 2.24) is 10.2 Å². The maximum Gasteiger partial charge on any atom is 0.251 e. The Bertz CT molecular complexity index is 661. The number of amides is 1. The first-order valence-electron chi connectivity index (χ1n) is 6.93. The smallest absolute Gasteiger partial charge is 0.251 e. The molecule has 1 atom stereocenters. The number of carbonyl (C=O) groups is 1. The molecule has 1 amide bonds. The van der Waals surface area contributed by atoms with Crippen molar-refractivity contribution in [1.29, 1.82) is 0 Å². The number of hydrogen-bond donors (Lipinski definition) is 1. The minimum Gasteiger partial charge on any atom is -0.350 e. The lowest BCUT2D eigenvalue weighted by atomic mass is 10.1. The van der Waals surface area contributed by atoms with Crippen molar-refractivity contribution >= 4 is 33.4 Å². The first-order valence-corrected chi connectivity index (χ1v) is 8.10. The van der Waals surface area contributed by atoms with Gasteiger partial charge in [0, 0.05) is 21.6 Å². The van der Waals surface area contributed by atoms with E-state index in [0.717, 1.165) is 10.0 Å². The predicted octanol–water partition coefficient (Wildman–Crippen LogP) is 4.14. The lowest BCUT2D eigenvalue weighted by Gasteiger charge is -2.26. The van der Waals surface area contributed by atoms with Crippen molar-refractivity contribution < 1.29 is 4.79 Å². The Kier molecular flexibility index (Phi) is 6.00. The number of carbonyl (C=O) groups excluding carboxylic acids is 1. The molecule has 0 heterocycles. The fourth-order valence-electron chi connectivity index (χ4n) is 2.24. The van der Waals surface area contributed by atoms with Gasteiger partial charge in [-0.05, 0) is 43.9 Å². The summed E-state index contributed by atoms with van der Waals surface area (Å²) in [4.78, 5) is 14.3. The SMILES string of the molecule is CN(C)C(CNC(=O)c1cccc(Br)c1)c1ccccc1Cl. The molecular weight excluding hydrogens is 364 g/mol. The van der Waals surface area contributed by atoms with Crippen LogP contribution in [0.15, 0.2) is 53.0 Å². The molecule has 0 saturated heterocycles. The monoisotopic (exact) mass is 380 g/mol. The molecule has 1 N–H and O–H groups in total. The summed E-state index contributed by atoms with van der Waals surface area (Å²) in [6.07, 6.45) is 0. The van der Waals surface area contributed by atoms with Crippen LogP contribution in [-0.2, 0) is 0 Å². The van der Waals surface area contributed by atoms with Crippen LogP contribution in [0.4, 0.5) is 0 Å². The van der Waals surface area contributed by atoms with E-state index >= 15 is 0 Å². The Balaban J connectivity index is 2.10. The highest BCUT2D eigenvalue weighted by atomic mass is 79.9. The van der Waals surface area contributed by atoms with Crippen molar-refractivity contribution in [2.45, 2.75) is 6.04 Å². The van der Waals surface area contributed by atoms with E-state index < -0.39 is 0 Å². The highest BCUT2D eigenvalue weighted by Crippen LogP contribution is 2.25. The predicted molar refractivity (Wildman–Crippen MR) is 94.4 cm³/mol. The number of likely N-dealkylation sites (N-methyl/N-ethyl adjacent to an activating group) is 1. The molecule has 0 aliphatic rings. The average Bonchev–Trinajstić information content (AvgIpc) is 2.48. The van der Waals surface area contributed by atoms with E-state index in [1.54, 1.807) is 12.1 Å². The summed E-state index contributed by atoms with van der Waals surface area (Å²) in [5.41, 5.74) is 1.63. The first-order chi connectivity index (χ1) is 10.5. The van der Waals surface area contributed by atoms with Crippen LogP contribution >= 0.6 is 27.5 Å². The Labute approximate surface area is 144 Å². The number of rotatable bonds is 5. The Morgan fingerprint density at radius 2 is 1.95 bits per heavy atom. The lowest BCUT2D eigenvalue weighted by Crippen LogP contribution is -2.34. The van der Waals surface area contributed by atoms with Crippen molar-refractivity contribution in [3.05, 3.63) is 69.2 Å². The minimum absolute atomic E-state index is 0.0183. The third-order valence-electron chi connectivity index (χ3n) is 3.43. The molecule has 2 aromatic carbocycles. The molecule has 0 fully saturated rings. The minimum atomic E-state index is -0.0970. The van der Waals surface area contributed by atoms with E-state index in [2.05, 4.69) is 21.2 Å². The molecule has 116 valence electrons. The van der Waals surface area contributed by atoms with Gasteiger partial charge in [-0.3, -0.25) is 4.79 Å². The molecule has 1 unspecified atom stereocenters. The second-order valence-electron chi connectivity index (χ2n) is 5.22. The van der Waals surface area contributed by atoms with E-state index in [1.165, 1.54) is 0 Å². The number of halogens is 2. The molecule has 0 aliphatic carbocycles. The molecule has 3 nitrogen and oxygen atoms in total. The average molecular weight is 382 g/mol. The largest absolute Gasteiger partial charge is 0.350 e. The van der Waals surface area contributed by atoms with Gasteiger partial charge in [0.15, 0.2) is 0 Å². The van der Waals surface area contributed by atoms with Crippen LogP contribution in [0.25, 0.3) is 0 Å². The van der Waals surface area contributed by atoms with E-state index in [9.17, 15) is 4.79 Å². The molecule has 0 aliphatic heterocycles. The van der Waals surface area contributed by atoms with Gasteiger partial charge in [0.1, 0.15) is 0 Å². The first kappa shape index (κ1) is 17.0. The summed E-state index contributed by atoms with van der Waals surface area (Å²) in [6, 6.07) is 15.0. The third kappa shape index (κ3) is 4.32. The zero-order valence-corrected chi connectivity index (χ0v) is 14.9. The Morgan fingerprint density at radius 1 is 1.23 bits per heavy atom. The van der Waals surface area contributed by atoms with E-state index in [0.29, 0.717) is 17.1 Å². The van der Waals surface area contributed by atoms with Gasteiger partial charge in [0.25, 0.3) is 5.91 Å². The number of hydrogen-bond acceptors (Lipinski definition) is 2. The van der Waals surface area contributed by atoms with Gasteiger partial charge in [-0.25, -0.2) is 0 Å². The van der Waals surface area contributed by atoms with Crippen LogP contribution in [0, 0.1) is 0 Å². The Morgan fingerprint density at radius 3 is 2.59 bits per heavy atom. The van der Waals surface area contributed by atoms with Gasteiger partial charge in [-0.1, -0.05) is 51.8 Å². The standard InChI is InChI=1S/C17H18BrClN2O/c1-21(2)16(14-8-3-4-9-15(14)19)11-20-17(22)12-6-5-7-13(18)10-12/h3-10,16H,11H2,1-2H3,(H,20,22). The normalized spacial score (nSPS) is 12.2. The molecule has 22 heavy (non-hydrogen) atoms. The summed E-state index contributed by atoms with van der Waals surface area (Å²) in [7, 11) is 3.94. The quantitative estimate of drug-likeness (QED) is 0.844. The van der Waals surface area contributed by atoms with E-state index in [1.807, 2.05) is 55.4 Å². The summed E-state index contributed by atoms with van der Waals surface area (Å²) in [6.45, 7) is 0.488. The summed E-state index contributed by atoms with van der Waals surface area (Å²) in [5, 5.41) is 3.68. The van der Waals surface area contributed by atoms with Gasteiger partial charge >= 0.3 is 0 Å². The molecule has 2 rings (SSSR count). The molecule has 0 radical (unpaired) electrons. The zero-order valence-electron chi connectivity index (χ0n) is 12.5. The number of nitrogens with zero attached hydrogens (tertiary/aromatic N) is 1. The van der Waals surface area contributed by atoms with Crippen LogP contribution in [0.2, 0.25) is 5.02 Å². The number of nitrogens with one attached hydrogen (secondary N) is 1. The summed E-state index contributed by atoms with van der Waals surface area (Å²) >= 11 is 9.64. The maximum atomic E-state index is 12.3. The van der Waals surface area contributed by atoms with Crippen LogP contribution in [0.3, 0.4) is 0 Å². The lowest BCUT2D eigenvalue weighted by molar-refractivity contribution is 0.0942. The highest BCUT2D eigenvalue weighted by Gasteiger charge is 2.18. The fraction of sp³-hybridized carbons (Fsp3) is 0.235. The second kappa shape index (κ2) is 7.77. The van der Waals surface area contributed by atoms with Crippen LogP contribution in [-0.4, -0.2) is 31.4 Å². The summed E-state index contributed by atoms with van der Waals surface area (Å²) < 4.78 is 0.885. The molecule has 0 spiro atoms.